The van der Waals surface area contributed by atoms with Crippen LogP contribution >= 0.6 is 11.6 Å². The van der Waals surface area contributed by atoms with Gasteiger partial charge in [0.2, 0.25) is 0 Å². The Kier molecular flexibility index (Phi) is 11.2. The molecule has 0 aliphatic carbocycles. The molecular weight excluding hydrogens is 610 g/mol. The molecule has 3 aromatic carbocycles. The normalized spacial score (nSPS) is 17.2. The quantitative estimate of drug-likeness (QED) is 0.161. The minimum atomic E-state index is -0.655. The molecule has 0 radical (unpaired) electrons. The van der Waals surface area contributed by atoms with Crippen LogP contribution in [0.4, 0.5) is 0 Å². The van der Waals surface area contributed by atoms with Crippen LogP contribution in [-0.2, 0) is 17.9 Å². The Hall–Kier alpha value is -3.40. The number of aromatic nitrogens is 1. The maximum atomic E-state index is 12.9. The van der Waals surface area contributed by atoms with Crippen LogP contribution in [0.25, 0.3) is 22.0 Å². The Bertz CT molecular complexity index is 1620. The van der Waals surface area contributed by atoms with Crippen LogP contribution in [0.1, 0.15) is 37.7 Å². The maximum absolute atomic E-state index is 12.9. The topological polar surface area (TPSA) is 85.0 Å². The first-order chi connectivity index (χ1) is 22.9. The van der Waals surface area contributed by atoms with Crippen molar-refractivity contribution in [2.45, 2.75) is 50.7 Å². The summed E-state index contributed by atoms with van der Waals surface area (Å²) in [4.78, 5) is 18.0. The monoisotopic (exact) mass is 657 g/mol. The minimum Gasteiger partial charge on any atom is -0.496 e. The van der Waals surface area contributed by atoms with Gasteiger partial charge in [-0.2, -0.15) is 0 Å². The lowest BCUT2D eigenvalue weighted by atomic mass is 9.83. The third kappa shape index (κ3) is 8.37. The number of ketones is 1. The van der Waals surface area contributed by atoms with Crippen molar-refractivity contribution in [1.29, 1.82) is 0 Å². The van der Waals surface area contributed by atoms with Gasteiger partial charge in [0.25, 0.3) is 0 Å². The van der Waals surface area contributed by atoms with E-state index in [-0.39, 0.29) is 5.78 Å². The third-order valence-electron chi connectivity index (χ3n) is 9.81. The van der Waals surface area contributed by atoms with Gasteiger partial charge in [0.1, 0.15) is 18.1 Å². The number of hydrogen-bond acceptors (Lipinski definition) is 7. The first-order valence-electron chi connectivity index (χ1n) is 17.0. The standard InChI is InChI=1S/C38H48ClN5O3/c1-46-36-7-3-2-6-32(36)34-28-44(19-5-4-8-37(45)38(40)15-17-41-18-16-38)35-14-9-29(26-33(34)35)27-43-22-20-42(21-23-43)24-25-47-31-12-10-30(39)11-13-31/h2-3,6-7,9-14,26,28,41H,4-5,8,15-25,27,40H2,1H3. The molecule has 3 heterocycles. The van der Waals surface area contributed by atoms with E-state index in [4.69, 9.17) is 26.8 Å². The van der Waals surface area contributed by atoms with E-state index in [1.54, 1.807) is 7.11 Å². The van der Waals surface area contributed by atoms with Crippen molar-refractivity contribution in [1.82, 2.24) is 19.7 Å². The van der Waals surface area contributed by atoms with E-state index < -0.39 is 5.54 Å². The second kappa shape index (κ2) is 15.7. The largest absolute Gasteiger partial charge is 0.496 e. The molecule has 2 saturated heterocycles. The van der Waals surface area contributed by atoms with Crippen LogP contribution in [0.3, 0.4) is 0 Å². The number of carbonyl (C=O) groups is 1. The van der Waals surface area contributed by atoms with E-state index in [2.05, 4.69) is 56.2 Å². The molecule has 47 heavy (non-hydrogen) atoms. The number of nitrogens with one attached hydrogen (secondary N) is 1. The number of carbonyl (C=O) groups excluding carboxylic acids is 1. The third-order valence-corrected chi connectivity index (χ3v) is 10.1. The lowest BCUT2D eigenvalue weighted by molar-refractivity contribution is -0.125. The SMILES string of the molecule is COc1ccccc1-c1cn(CCCCC(=O)C2(N)CCNCC2)c2ccc(CN3CCN(CCOc4ccc(Cl)cc4)CC3)cc12. The fraction of sp³-hybridized carbons (Fsp3) is 0.447. The number of benzene rings is 3. The predicted molar refractivity (Wildman–Crippen MR) is 190 cm³/mol. The zero-order valence-corrected chi connectivity index (χ0v) is 28.3. The summed E-state index contributed by atoms with van der Waals surface area (Å²) in [6, 6.07) is 22.7. The molecule has 2 aliphatic heterocycles. The number of piperidine rings is 1. The molecule has 0 unspecified atom stereocenters. The number of hydrogen-bond donors (Lipinski definition) is 2. The summed E-state index contributed by atoms with van der Waals surface area (Å²) in [6.45, 7) is 9.10. The molecule has 0 saturated carbocycles. The average molecular weight is 658 g/mol. The highest BCUT2D eigenvalue weighted by atomic mass is 35.5. The molecule has 2 fully saturated rings. The van der Waals surface area contributed by atoms with Gasteiger partial charge in [-0.3, -0.25) is 14.6 Å². The summed E-state index contributed by atoms with van der Waals surface area (Å²) in [5.74, 6) is 1.94. The first kappa shape index (κ1) is 33.5. The number of nitrogens with zero attached hydrogens (tertiary/aromatic N) is 3. The summed E-state index contributed by atoms with van der Waals surface area (Å²) in [5.41, 5.74) is 10.6. The molecule has 2 aliphatic rings. The van der Waals surface area contributed by atoms with Gasteiger partial charge in [-0.15, -0.1) is 0 Å². The van der Waals surface area contributed by atoms with Crippen molar-refractivity contribution < 1.29 is 14.3 Å². The Balaban J connectivity index is 1.09. The van der Waals surface area contributed by atoms with Crippen molar-refractivity contribution in [3.05, 3.63) is 83.5 Å². The Morgan fingerprint density at radius 1 is 0.915 bits per heavy atom. The smallest absolute Gasteiger partial charge is 0.152 e. The van der Waals surface area contributed by atoms with Crippen molar-refractivity contribution >= 4 is 28.3 Å². The van der Waals surface area contributed by atoms with E-state index in [1.807, 2.05) is 36.4 Å². The number of halogens is 1. The summed E-state index contributed by atoms with van der Waals surface area (Å²) < 4.78 is 14.0. The van der Waals surface area contributed by atoms with Gasteiger partial charge in [-0.1, -0.05) is 35.9 Å². The number of para-hydroxylation sites is 1. The number of Topliss-reactive ketones (excluding diaryl/α,β-unsaturated/α-hetero) is 1. The first-order valence-corrected chi connectivity index (χ1v) is 17.4. The van der Waals surface area contributed by atoms with Gasteiger partial charge in [-0.25, -0.2) is 0 Å². The Labute approximate surface area is 283 Å². The Morgan fingerprint density at radius 3 is 2.43 bits per heavy atom. The highest BCUT2D eigenvalue weighted by molar-refractivity contribution is 6.30. The zero-order chi connectivity index (χ0) is 32.6. The van der Waals surface area contributed by atoms with Gasteiger partial charge in [0, 0.05) is 85.5 Å². The fourth-order valence-electron chi connectivity index (χ4n) is 6.93. The van der Waals surface area contributed by atoms with E-state index in [1.165, 1.54) is 22.0 Å². The van der Waals surface area contributed by atoms with Crippen LogP contribution in [0.5, 0.6) is 11.5 Å². The zero-order valence-electron chi connectivity index (χ0n) is 27.6. The van der Waals surface area contributed by atoms with Crippen molar-refractivity contribution in [3.8, 4) is 22.6 Å². The summed E-state index contributed by atoms with van der Waals surface area (Å²) in [6.07, 6.45) is 6.03. The second-order valence-electron chi connectivity index (χ2n) is 13.0. The summed E-state index contributed by atoms with van der Waals surface area (Å²) in [5, 5.41) is 5.26. The lowest BCUT2D eigenvalue weighted by Crippen LogP contribution is -2.54. The van der Waals surface area contributed by atoms with Gasteiger partial charge in [0.15, 0.2) is 5.78 Å². The van der Waals surface area contributed by atoms with E-state index in [9.17, 15) is 4.79 Å². The van der Waals surface area contributed by atoms with Crippen molar-refractivity contribution in [2.24, 2.45) is 5.73 Å². The van der Waals surface area contributed by atoms with Crippen LogP contribution in [0.15, 0.2) is 72.9 Å². The van der Waals surface area contributed by atoms with E-state index in [0.29, 0.717) is 13.0 Å². The highest BCUT2D eigenvalue weighted by Gasteiger charge is 2.34. The van der Waals surface area contributed by atoms with Crippen LogP contribution in [0, 0.1) is 0 Å². The maximum Gasteiger partial charge on any atom is 0.152 e. The number of piperazine rings is 1. The second-order valence-corrected chi connectivity index (χ2v) is 13.4. The number of fused-ring (bicyclic) bond motifs is 1. The van der Waals surface area contributed by atoms with Crippen LogP contribution in [0.2, 0.25) is 5.02 Å². The molecule has 3 N–H and O–H groups in total. The van der Waals surface area contributed by atoms with Crippen LogP contribution in [-0.4, -0.2) is 85.2 Å². The number of nitrogens with two attached hydrogens (primary N) is 1. The number of aryl methyl sites for hydroxylation is 1. The molecule has 8 nitrogen and oxygen atoms in total. The van der Waals surface area contributed by atoms with Crippen molar-refractivity contribution in [2.75, 3.05) is 59.5 Å². The number of rotatable bonds is 14. The molecule has 0 amide bonds. The average Bonchev–Trinajstić information content (AvgIpc) is 3.46. The molecule has 9 heteroatoms. The molecule has 1 aromatic heterocycles. The predicted octanol–water partition coefficient (Wildman–Crippen LogP) is 5.99. The van der Waals surface area contributed by atoms with E-state index >= 15 is 0 Å². The molecule has 250 valence electrons. The summed E-state index contributed by atoms with van der Waals surface area (Å²) >= 11 is 5.98. The molecule has 4 aromatic rings. The van der Waals surface area contributed by atoms with Gasteiger partial charge in [-0.05, 0) is 86.8 Å². The molecular formula is C38H48ClN5O3. The molecule has 6 rings (SSSR count). The van der Waals surface area contributed by atoms with Crippen molar-refractivity contribution in [3.63, 3.8) is 0 Å². The lowest BCUT2D eigenvalue weighted by Gasteiger charge is -2.34. The number of unbranched alkanes of at least 4 members (excludes halogenated alkanes) is 1. The van der Waals surface area contributed by atoms with Gasteiger partial charge >= 0.3 is 0 Å². The minimum absolute atomic E-state index is 0.211. The molecule has 0 bridgehead atoms. The van der Waals surface area contributed by atoms with Gasteiger partial charge < -0.3 is 25.1 Å². The molecule has 0 atom stereocenters. The summed E-state index contributed by atoms with van der Waals surface area (Å²) in [7, 11) is 1.73. The fourth-order valence-corrected chi connectivity index (χ4v) is 7.06. The number of methoxy groups -OCH3 is 1. The van der Waals surface area contributed by atoms with Crippen LogP contribution < -0.4 is 20.5 Å². The van der Waals surface area contributed by atoms with E-state index in [0.717, 1.165) is 107 Å². The number of ether oxygens (including phenoxy) is 2. The van der Waals surface area contributed by atoms with Gasteiger partial charge in [0.05, 0.1) is 12.6 Å². The molecule has 0 spiro atoms. The Morgan fingerprint density at radius 2 is 1.66 bits per heavy atom. The highest BCUT2D eigenvalue weighted by Crippen LogP contribution is 2.37.